The fraction of sp³-hybridized carbons (Fsp3) is 0.158. The van der Waals surface area contributed by atoms with E-state index in [9.17, 15) is 4.79 Å². The Morgan fingerprint density at radius 2 is 1.92 bits per heavy atom. The molecule has 26 heavy (non-hydrogen) atoms. The minimum atomic E-state index is -0.523. The van der Waals surface area contributed by atoms with Gasteiger partial charge in [0.05, 0.1) is 13.2 Å². The van der Waals surface area contributed by atoms with E-state index in [1.165, 1.54) is 7.11 Å². The molecule has 1 atom stereocenters. The number of hydrogen-bond acceptors (Lipinski definition) is 4. The first-order chi connectivity index (χ1) is 12.6. The molecule has 0 spiro atoms. The molecule has 134 valence electrons. The monoisotopic (exact) mass is 370 g/mol. The van der Waals surface area contributed by atoms with Gasteiger partial charge in [0, 0.05) is 11.3 Å². The predicted octanol–water partition coefficient (Wildman–Crippen LogP) is 4.15. The minimum absolute atomic E-state index is 0.288. The van der Waals surface area contributed by atoms with Gasteiger partial charge in [-0.25, -0.2) is 9.78 Å². The van der Waals surface area contributed by atoms with Gasteiger partial charge in [-0.2, -0.15) is 0 Å². The lowest BCUT2D eigenvalue weighted by Crippen LogP contribution is -2.15. The van der Waals surface area contributed by atoms with E-state index in [1.807, 2.05) is 42.5 Å². The molecule has 1 amide bonds. The highest BCUT2D eigenvalue weighted by Gasteiger charge is 2.16. The quantitative estimate of drug-likeness (QED) is 0.629. The highest BCUT2D eigenvalue weighted by Crippen LogP contribution is 2.28. The Balaban J connectivity index is 1.76. The number of benzene rings is 2. The molecule has 3 aromatic rings. The summed E-state index contributed by atoms with van der Waals surface area (Å²) in [5.41, 5.74) is 9.46. The SMILES string of the molecule is COC(=O)Nc1ccc(-c2nc(C(N)Cc3ccccc3)[nH]c2Cl)cc1. The zero-order chi connectivity index (χ0) is 18.5. The predicted molar refractivity (Wildman–Crippen MR) is 102 cm³/mol. The van der Waals surface area contributed by atoms with Crippen LogP contribution in [0.2, 0.25) is 5.15 Å². The number of rotatable bonds is 5. The lowest BCUT2D eigenvalue weighted by molar-refractivity contribution is 0.187. The third kappa shape index (κ3) is 4.22. The van der Waals surface area contributed by atoms with E-state index in [0.717, 1.165) is 11.1 Å². The van der Waals surface area contributed by atoms with Crippen molar-refractivity contribution < 1.29 is 9.53 Å². The lowest BCUT2D eigenvalue weighted by atomic mass is 10.1. The van der Waals surface area contributed by atoms with Crippen LogP contribution in [0.4, 0.5) is 10.5 Å². The highest BCUT2D eigenvalue weighted by molar-refractivity contribution is 6.31. The number of H-pyrrole nitrogens is 1. The second-order valence-corrected chi connectivity index (χ2v) is 6.15. The largest absolute Gasteiger partial charge is 0.453 e. The lowest BCUT2D eigenvalue weighted by Gasteiger charge is -2.08. The van der Waals surface area contributed by atoms with Gasteiger partial charge >= 0.3 is 6.09 Å². The zero-order valence-electron chi connectivity index (χ0n) is 14.2. The number of ether oxygens (including phenoxy) is 1. The Labute approximate surface area is 156 Å². The minimum Gasteiger partial charge on any atom is -0.453 e. The fourth-order valence-corrected chi connectivity index (χ4v) is 2.83. The molecule has 6 nitrogen and oxygen atoms in total. The van der Waals surface area contributed by atoms with Crippen molar-refractivity contribution in [2.75, 3.05) is 12.4 Å². The molecular formula is C19H19ClN4O2. The number of methoxy groups -OCH3 is 1. The number of hydrogen-bond donors (Lipinski definition) is 3. The number of carbonyl (C=O) groups is 1. The topological polar surface area (TPSA) is 93.0 Å². The highest BCUT2D eigenvalue weighted by atomic mass is 35.5. The van der Waals surface area contributed by atoms with Gasteiger partial charge in [-0.3, -0.25) is 5.32 Å². The van der Waals surface area contributed by atoms with Crippen molar-refractivity contribution >= 4 is 23.4 Å². The standard InChI is InChI=1S/C19H19ClN4O2/c1-26-19(25)22-14-9-7-13(8-10-14)16-17(20)24-18(23-16)15(21)11-12-5-3-2-4-6-12/h2-10,15H,11,21H2,1H3,(H,22,25)(H,23,24). The Bertz CT molecular complexity index is 878. The first-order valence-electron chi connectivity index (χ1n) is 8.07. The molecule has 0 saturated carbocycles. The molecule has 0 fully saturated rings. The maximum absolute atomic E-state index is 11.2. The molecule has 7 heteroatoms. The normalized spacial score (nSPS) is 11.8. The first kappa shape index (κ1) is 18.0. The van der Waals surface area contributed by atoms with Crippen molar-refractivity contribution in [1.82, 2.24) is 9.97 Å². The second kappa shape index (κ2) is 8.03. The van der Waals surface area contributed by atoms with Crippen LogP contribution in [0.25, 0.3) is 11.3 Å². The Morgan fingerprint density at radius 1 is 1.23 bits per heavy atom. The number of aromatic nitrogens is 2. The summed E-state index contributed by atoms with van der Waals surface area (Å²) < 4.78 is 4.56. The van der Waals surface area contributed by atoms with Crippen LogP contribution < -0.4 is 11.1 Å². The van der Waals surface area contributed by atoms with Gasteiger partial charge in [0.1, 0.15) is 16.7 Å². The number of imidazole rings is 1. The summed E-state index contributed by atoms with van der Waals surface area (Å²) in [5, 5.41) is 3.02. The maximum atomic E-state index is 11.2. The number of nitrogens with one attached hydrogen (secondary N) is 2. The van der Waals surface area contributed by atoms with Crippen molar-refractivity contribution in [3.05, 3.63) is 71.1 Å². The number of carbonyl (C=O) groups excluding carboxylic acids is 1. The average Bonchev–Trinajstić information content (AvgIpc) is 3.05. The van der Waals surface area contributed by atoms with E-state index in [1.54, 1.807) is 12.1 Å². The summed E-state index contributed by atoms with van der Waals surface area (Å²) in [6.07, 6.45) is 0.135. The van der Waals surface area contributed by atoms with Crippen LogP contribution in [0.5, 0.6) is 0 Å². The summed E-state index contributed by atoms with van der Waals surface area (Å²) in [5.74, 6) is 0.630. The Morgan fingerprint density at radius 3 is 2.58 bits per heavy atom. The number of halogens is 1. The summed E-state index contributed by atoms with van der Waals surface area (Å²) in [6, 6.07) is 16.8. The van der Waals surface area contributed by atoms with Crippen LogP contribution in [0.1, 0.15) is 17.4 Å². The van der Waals surface area contributed by atoms with Crippen LogP contribution in [0, 0.1) is 0 Å². The van der Waals surface area contributed by atoms with E-state index < -0.39 is 6.09 Å². The van der Waals surface area contributed by atoms with Gasteiger partial charge in [-0.05, 0) is 24.1 Å². The molecule has 0 aliphatic carbocycles. The molecule has 3 rings (SSSR count). The number of nitrogens with two attached hydrogens (primary N) is 1. The zero-order valence-corrected chi connectivity index (χ0v) is 15.0. The fourth-order valence-electron chi connectivity index (χ4n) is 2.58. The molecule has 2 aromatic carbocycles. The molecule has 0 bridgehead atoms. The van der Waals surface area contributed by atoms with Gasteiger partial charge < -0.3 is 15.5 Å². The smallest absolute Gasteiger partial charge is 0.411 e. The van der Waals surface area contributed by atoms with Gasteiger partial charge in [0.15, 0.2) is 0 Å². The van der Waals surface area contributed by atoms with Gasteiger partial charge in [0.25, 0.3) is 0 Å². The van der Waals surface area contributed by atoms with Crippen molar-refractivity contribution in [3.8, 4) is 11.3 Å². The third-order valence-corrected chi connectivity index (χ3v) is 4.19. The van der Waals surface area contributed by atoms with Crippen LogP contribution in [0.3, 0.4) is 0 Å². The van der Waals surface area contributed by atoms with Crippen LogP contribution in [0.15, 0.2) is 54.6 Å². The third-order valence-electron chi connectivity index (χ3n) is 3.92. The van der Waals surface area contributed by atoms with Crippen molar-refractivity contribution in [2.45, 2.75) is 12.5 Å². The van der Waals surface area contributed by atoms with Crippen LogP contribution in [-0.2, 0) is 11.2 Å². The first-order valence-corrected chi connectivity index (χ1v) is 8.45. The van der Waals surface area contributed by atoms with Gasteiger partial charge in [-0.1, -0.05) is 54.1 Å². The van der Waals surface area contributed by atoms with Crippen molar-refractivity contribution in [3.63, 3.8) is 0 Å². The molecule has 0 aliphatic heterocycles. The molecule has 1 unspecified atom stereocenters. The number of anilines is 1. The van der Waals surface area contributed by atoms with Crippen LogP contribution >= 0.6 is 11.6 Å². The summed E-state index contributed by atoms with van der Waals surface area (Å²) >= 11 is 6.31. The maximum Gasteiger partial charge on any atom is 0.411 e. The average molecular weight is 371 g/mol. The summed E-state index contributed by atoms with van der Waals surface area (Å²) in [6.45, 7) is 0. The van der Waals surface area contributed by atoms with Gasteiger partial charge in [0.2, 0.25) is 0 Å². The van der Waals surface area contributed by atoms with Crippen molar-refractivity contribution in [1.29, 1.82) is 0 Å². The number of amides is 1. The molecule has 0 radical (unpaired) electrons. The molecule has 4 N–H and O–H groups in total. The Hall–Kier alpha value is -2.83. The number of aromatic amines is 1. The molecule has 1 heterocycles. The van der Waals surface area contributed by atoms with Crippen LogP contribution in [-0.4, -0.2) is 23.2 Å². The number of nitrogens with zero attached hydrogens (tertiary/aromatic N) is 1. The second-order valence-electron chi connectivity index (χ2n) is 5.77. The molecule has 0 aliphatic rings. The van der Waals surface area contributed by atoms with E-state index in [2.05, 4.69) is 20.0 Å². The van der Waals surface area contributed by atoms with E-state index in [0.29, 0.717) is 28.8 Å². The summed E-state index contributed by atoms with van der Waals surface area (Å²) in [4.78, 5) is 18.8. The van der Waals surface area contributed by atoms with Crippen molar-refractivity contribution in [2.24, 2.45) is 5.73 Å². The molecule has 0 saturated heterocycles. The van der Waals surface area contributed by atoms with E-state index in [4.69, 9.17) is 17.3 Å². The van der Waals surface area contributed by atoms with E-state index in [-0.39, 0.29) is 6.04 Å². The van der Waals surface area contributed by atoms with E-state index >= 15 is 0 Å². The Kier molecular flexibility index (Phi) is 5.55. The summed E-state index contributed by atoms with van der Waals surface area (Å²) in [7, 11) is 1.31. The molecule has 1 aromatic heterocycles. The van der Waals surface area contributed by atoms with Gasteiger partial charge in [-0.15, -0.1) is 0 Å². The molecular weight excluding hydrogens is 352 g/mol.